The van der Waals surface area contributed by atoms with Crippen LogP contribution in [0.15, 0.2) is 243 Å². The fourth-order valence-corrected chi connectivity index (χ4v) is 9.21. The minimum Gasteiger partial charge on any atom is -0.311 e. The first-order valence-corrected chi connectivity index (χ1v) is 21.9. The molecule has 11 aromatic rings. The van der Waals surface area contributed by atoms with E-state index in [-0.39, 0.29) is 0 Å². The Hall–Kier alpha value is -8.34. The van der Waals surface area contributed by atoms with Crippen LogP contribution in [0.1, 0.15) is 11.1 Å². The van der Waals surface area contributed by atoms with Gasteiger partial charge in [-0.2, -0.15) is 0 Å². The molecule has 2 aromatic heterocycles. The largest absolute Gasteiger partial charge is 0.311 e. The fraction of sp³-hybridized carbons (Fsp3) is 0.0333. The molecule has 11 rings (SSSR count). The molecule has 4 nitrogen and oxygen atoms in total. The van der Waals surface area contributed by atoms with Gasteiger partial charge in [0.25, 0.3) is 0 Å². The summed E-state index contributed by atoms with van der Waals surface area (Å²) in [5.41, 5.74) is 18.3. The summed E-state index contributed by atoms with van der Waals surface area (Å²) in [5, 5.41) is 2.35. The number of fused-ring (bicyclic) bond motifs is 2. The lowest BCUT2D eigenvalue weighted by Gasteiger charge is -2.25. The summed E-state index contributed by atoms with van der Waals surface area (Å²) in [6.07, 6.45) is 0. The second-order valence-corrected chi connectivity index (χ2v) is 16.5. The van der Waals surface area contributed by atoms with Gasteiger partial charge in [-0.15, -0.1) is 0 Å². The van der Waals surface area contributed by atoms with Crippen LogP contribution in [0.25, 0.3) is 55.7 Å². The van der Waals surface area contributed by atoms with E-state index in [2.05, 4.69) is 275 Å². The van der Waals surface area contributed by atoms with Crippen LogP contribution in [0.3, 0.4) is 0 Å². The molecule has 0 aliphatic heterocycles. The Morgan fingerprint density at radius 2 is 0.594 bits per heavy atom. The zero-order valence-electron chi connectivity index (χ0n) is 35.9. The van der Waals surface area contributed by atoms with Gasteiger partial charge in [-0.3, -0.25) is 0 Å². The van der Waals surface area contributed by atoms with Gasteiger partial charge in [-0.05, 0) is 158 Å². The van der Waals surface area contributed by atoms with Gasteiger partial charge in [0.15, 0.2) is 0 Å². The minimum absolute atomic E-state index is 1.10. The standard InChI is InChI=1S/C60H46N4/c1-43-17-15-19-45(37-43)57-39-47-41-60-48(42-59(47)63(57)55-33-29-53(30-34-55)61(49-21-7-3-8-22-49)50-23-9-4-10-24-50)40-58(46-20-16-18-44(2)38-46)64(60)56-35-31-54(32-36-56)62(51-25-11-5-12-26-51)52-27-13-6-14-28-52/h3-42H,1-2H3. The second-order valence-electron chi connectivity index (χ2n) is 16.5. The third kappa shape index (κ3) is 7.21. The first kappa shape index (κ1) is 38.6. The number of hydrogen-bond acceptors (Lipinski definition) is 2. The molecule has 306 valence electrons. The zero-order valence-corrected chi connectivity index (χ0v) is 35.9. The number of nitrogens with zero attached hydrogens (tertiary/aromatic N) is 4. The highest BCUT2D eigenvalue weighted by Crippen LogP contribution is 2.41. The summed E-state index contributed by atoms with van der Waals surface area (Å²) in [7, 11) is 0. The molecular formula is C60H46N4. The lowest BCUT2D eigenvalue weighted by atomic mass is 10.1. The van der Waals surface area contributed by atoms with E-state index in [1.807, 2.05) is 0 Å². The first-order chi connectivity index (χ1) is 31.6. The molecule has 0 saturated heterocycles. The number of aryl methyl sites for hydroxylation is 2. The highest BCUT2D eigenvalue weighted by Gasteiger charge is 2.20. The Bertz CT molecular complexity index is 3060. The average molecular weight is 823 g/mol. The van der Waals surface area contributed by atoms with Gasteiger partial charge in [0.05, 0.1) is 22.4 Å². The molecule has 2 heterocycles. The van der Waals surface area contributed by atoms with Crippen molar-refractivity contribution in [1.29, 1.82) is 0 Å². The van der Waals surface area contributed by atoms with Crippen molar-refractivity contribution in [2.24, 2.45) is 0 Å². The van der Waals surface area contributed by atoms with Gasteiger partial charge < -0.3 is 18.9 Å². The number of aromatic nitrogens is 2. The van der Waals surface area contributed by atoms with Crippen LogP contribution in [0.4, 0.5) is 34.1 Å². The molecule has 0 saturated carbocycles. The van der Waals surface area contributed by atoms with Gasteiger partial charge >= 0.3 is 0 Å². The molecule has 0 unspecified atom stereocenters. The van der Waals surface area contributed by atoms with E-state index < -0.39 is 0 Å². The molecule has 0 aliphatic rings. The third-order valence-electron chi connectivity index (χ3n) is 12.1. The normalized spacial score (nSPS) is 11.3. The number of rotatable bonds is 10. The molecule has 0 amide bonds. The highest BCUT2D eigenvalue weighted by atomic mass is 15.1. The SMILES string of the molecule is Cc1cccc(-c2cc3cc4c(cc(-c5cccc(C)c5)n4-c4ccc(N(c5ccccc5)c5ccccc5)cc4)cc3n2-c2ccc(N(c3ccccc3)c3ccccc3)cc2)c1. The fourth-order valence-electron chi connectivity index (χ4n) is 9.21. The Kier molecular flexibility index (Phi) is 9.95. The van der Waals surface area contributed by atoms with Crippen molar-refractivity contribution in [2.75, 3.05) is 9.80 Å². The molecule has 0 aliphatic carbocycles. The van der Waals surface area contributed by atoms with Crippen LogP contribution >= 0.6 is 0 Å². The van der Waals surface area contributed by atoms with Gasteiger partial charge in [-0.1, -0.05) is 120 Å². The maximum Gasteiger partial charge on any atom is 0.0542 e. The quantitative estimate of drug-likeness (QED) is 0.137. The molecule has 0 atom stereocenters. The van der Waals surface area contributed by atoms with E-state index in [0.29, 0.717) is 0 Å². The van der Waals surface area contributed by atoms with Crippen LogP contribution in [0.2, 0.25) is 0 Å². The summed E-state index contributed by atoms with van der Waals surface area (Å²) in [4.78, 5) is 4.62. The average Bonchev–Trinajstić information content (AvgIpc) is 3.91. The van der Waals surface area contributed by atoms with E-state index in [9.17, 15) is 0 Å². The molecule has 0 radical (unpaired) electrons. The van der Waals surface area contributed by atoms with Crippen molar-refractivity contribution in [1.82, 2.24) is 9.13 Å². The number of anilines is 6. The zero-order chi connectivity index (χ0) is 43.0. The van der Waals surface area contributed by atoms with Gasteiger partial charge in [0.2, 0.25) is 0 Å². The maximum atomic E-state index is 2.43. The lowest BCUT2D eigenvalue weighted by Crippen LogP contribution is -2.09. The first-order valence-electron chi connectivity index (χ1n) is 21.9. The molecule has 0 N–H and O–H groups in total. The Labute approximate surface area is 374 Å². The van der Waals surface area contributed by atoms with Gasteiger partial charge in [0, 0.05) is 56.3 Å². The van der Waals surface area contributed by atoms with Crippen molar-refractivity contribution in [3.63, 3.8) is 0 Å². The minimum atomic E-state index is 1.10. The van der Waals surface area contributed by atoms with Gasteiger partial charge in [-0.25, -0.2) is 0 Å². The van der Waals surface area contributed by atoms with Crippen molar-refractivity contribution < 1.29 is 0 Å². The topological polar surface area (TPSA) is 16.3 Å². The summed E-state index contributed by atoms with van der Waals surface area (Å²) in [5.74, 6) is 0. The number of hydrogen-bond donors (Lipinski definition) is 0. The summed E-state index contributed by atoms with van der Waals surface area (Å²) in [6, 6.07) is 87.5. The molecule has 9 aromatic carbocycles. The summed E-state index contributed by atoms with van der Waals surface area (Å²) in [6.45, 7) is 4.34. The second kappa shape index (κ2) is 16.5. The molecule has 0 spiro atoms. The Balaban J connectivity index is 1.08. The van der Waals surface area contributed by atoms with Gasteiger partial charge in [0.1, 0.15) is 0 Å². The molecule has 64 heavy (non-hydrogen) atoms. The van der Waals surface area contributed by atoms with E-state index in [1.165, 1.54) is 33.0 Å². The maximum absolute atomic E-state index is 2.43. The molecule has 0 fully saturated rings. The van der Waals surface area contributed by atoms with Crippen LogP contribution in [0.5, 0.6) is 0 Å². The predicted octanol–water partition coefficient (Wildman–Crippen LogP) is 16.5. The van der Waals surface area contributed by atoms with Crippen LogP contribution in [-0.2, 0) is 0 Å². The molecular weight excluding hydrogens is 777 g/mol. The summed E-state index contributed by atoms with van der Waals surface area (Å²) < 4.78 is 4.87. The van der Waals surface area contributed by atoms with E-state index in [1.54, 1.807) is 0 Å². The number of para-hydroxylation sites is 4. The van der Waals surface area contributed by atoms with Crippen molar-refractivity contribution in [3.8, 4) is 33.9 Å². The number of benzene rings is 9. The lowest BCUT2D eigenvalue weighted by molar-refractivity contribution is 1.13. The summed E-state index contributed by atoms with van der Waals surface area (Å²) >= 11 is 0. The van der Waals surface area contributed by atoms with E-state index in [4.69, 9.17) is 0 Å². The van der Waals surface area contributed by atoms with E-state index >= 15 is 0 Å². The predicted molar refractivity (Wildman–Crippen MR) is 270 cm³/mol. The molecule has 4 heteroatoms. The Morgan fingerprint density at radius 1 is 0.281 bits per heavy atom. The van der Waals surface area contributed by atoms with Crippen LogP contribution in [0, 0.1) is 13.8 Å². The molecule has 0 bridgehead atoms. The monoisotopic (exact) mass is 822 g/mol. The van der Waals surface area contributed by atoms with Crippen LogP contribution in [-0.4, -0.2) is 9.13 Å². The smallest absolute Gasteiger partial charge is 0.0542 e. The van der Waals surface area contributed by atoms with E-state index in [0.717, 1.165) is 67.9 Å². The van der Waals surface area contributed by atoms with Crippen molar-refractivity contribution in [3.05, 3.63) is 254 Å². The third-order valence-corrected chi connectivity index (χ3v) is 12.1. The van der Waals surface area contributed by atoms with Crippen LogP contribution < -0.4 is 9.80 Å². The van der Waals surface area contributed by atoms with Crippen molar-refractivity contribution >= 4 is 55.9 Å². The van der Waals surface area contributed by atoms with Crippen molar-refractivity contribution in [2.45, 2.75) is 13.8 Å². The highest BCUT2D eigenvalue weighted by molar-refractivity contribution is 6.02. The Morgan fingerprint density at radius 3 is 0.906 bits per heavy atom.